The molecule has 1 amide bonds. The van der Waals surface area contributed by atoms with E-state index in [1.165, 1.54) is 6.07 Å². The van der Waals surface area contributed by atoms with E-state index in [1.54, 1.807) is 21.8 Å². The summed E-state index contributed by atoms with van der Waals surface area (Å²) in [5, 5.41) is 4.85. The number of rotatable bonds is 2. The van der Waals surface area contributed by atoms with Gasteiger partial charge in [0.25, 0.3) is 0 Å². The maximum atomic E-state index is 14.1. The van der Waals surface area contributed by atoms with E-state index in [2.05, 4.69) is 10.1 Å². The monoisotopic (exact) mass is 339 g/mol. The van der Waals surface area contributed by atoms with Crippen LogP contribution < -0.4 is 9.80 Å². The number of aryl methyl sites for hydroxylation is 2. The number of piperazine rings is 1. The Morgan fingerprint density at radius 1 is 1.24 bits per heavy atom. The predicted octanol–water partition coefficient (Wildman–Crippen LogP) is 2.27. The second kappa shape index (κ2) is 5.84. The molecule has 128 valence electrons. The van der Waals surface area contributed by atoms with Gasteiger partial charge in [0.05, 0.1) is 18.4 Å². The molecular weight excluding hydrogens is 321 g/mol. The van der Waals surface area contributed by atoms with Crippen LogP contribution in [0.5, 0.6) is 0 Å². The van der Waals surface area contributed by atoms with Crippen LogP contribution in [0.3, 0.4) is 0 Å². The number of carbonyl (C=O) groups excluding carboxylic acids is 1. The van der Waals surface area contributed by atoms with Crippen LogP contribution in [0.1, 0.15) is 5.69 Å². The summed E-state index contributed by atoms with van der Waals surface area (Å²) in [6.07, 6.45) is 3.52. The fourth-order valence-electron chi connectivity index (χ4n) is 3.28. The van der Waals surface area contributed by atoms with Gasteiger partial charge in [-0.1, -0.05) is 12.1 Å². The van der Waals surface area contributed by atoms with Crippen molar-refractivity contribution in [3.05, 3.63) is 48.2 Å². The van der Waals surface area contributed by atoms with E-state index in [0.29, 0.717) is 18.6 Å². The van der Waals surface area contributed by atoms with Crippen LogP contribution in [0.25, 0.3) is 10.9 Å². The van der Waals surface area contributed by atoms with E-state index >= 15 is 0 Å². The maximum absolute atomic E-state index is 14.1. The van der Waals surface area contributed by atoms with E-state index in [1.807, 2.05) is 37.2 Å². The average Bonchev–Trinajstić information content (AvgIpc) is 3.01. The largest absolute Gasteiger partial charge is 0.360 e. The normalized spacial score (nSPS) is 15.2. The number of anilines is 2. The zero-order valence-corrected chi connectivity index (χ0v) is 14.1. The number of benzene rings is 1. The van der Waals surface area contributed by atoms with Crippen molar-refractivity contribution < 1.29 is 9.18 Å². The molecule has 1 saturated heterocycles. The molecule has 0 radical (unpaired) electrons. The minimum absolute atomic E-state index is 0.00160. The van der Waals surface area contributed by atoms with E-state index in [0.717, 1.165) is 22.5 Å². The number of fused-ring (bicyclic) bond motifs is 1. The Balaban J connectivity index is 1.67. The molecule has 25 heavy (non-hydrogen) atoms. The highest BCUT2D eigenvalue weighted by atomic mass is 19.1. The average molecular weight is 339 g/mol. The van der Waals surface area contributed by atoms with Crippen LogP contribution in [0.15, 0.2) is 36.7 Å². The number of amides is 1. The number of hydrogen-bond acceptors (Lipinski definition) is 4. The molecule has 1 aliphatic rings. The number of para-hydroxylation sites is 1. The van der Waals surface area contributed by atoms with Gasteiger partial charge in [0.2, 0.25) is 5.91 Å². The highest BCUT2D eigenvalue weighted by Crippen LogP contribution is 2.30. The molecule has 4 rings (SSSR count). The van der Waals surface area contributed by atoms with Crippen LogP contribution in [0.2, 0.25) is 0 Å². The predicted molar refractivity (Wildman–Crippen MR) is 94.2 cm³/mol. The number of pyridine rings is 1. The Morgan fingerprint density at radius 3 is 2.80 bits per heavy atom. The first-order valence-corrected chi connectivity index (χ1v) is 8.13. The van der Waals surface area contributed by atoms with Crippen LogP contribution in [0.4, 0.5) is 15.8 Å². The highest BCUT2D eigenvalue weighted by molar-refractivity contribution is 6.00. The molecule has 6 nitrogen and oxygen atoms in total. The summed E-state index contributed by atoms with van der Waals surface area (Å²) in [4.78, 5) is 20.7. The van der Waals surface area contributed by atoms with Crippen molar-refractivity contribution in [1.82, 2.24) is 14.8 Å². The third-order valence-corrected chi connectivity index (χ3v) is 4.46. The molecule has 3 heterocycles. The lowest BCUT2D eigenvalue weighted by molar-refractivity contribution is -0.117. The summed E-state index contributed by atoms with van der Waals surface area (Å²) in [7, 11) is 1.82. The smallest absolute Gasteiger partial charge is 0.246 e. The second-order valence-corrected chi connectivity index (χ2v) is 6.26. The Morgan fingerprint density at radius 2 is 2.08 bits per heavy atom. The molecule has 3 aromatic rings. The van der Waals surface area contributed by atoms with Crippen molar-refractivity contribution in [3.63, 3.8) is 0 Å². The molecule has 0 atom stereocenters. The first kappa shape index (κ1) is 15.6. The number of hydrogen-bond donors (Lipinski definition) is 0. The first-order chi connectivity index (χ1) is 12.0. The van der Waals surface area contributed by atoms with Crippen LogP contribution in [-0.2, 0) is 11.8 Å². The molecule has 1 fully saturated rings. The summed E-state index contributed by atoms with van der Waals surface area (Å²) >= 11 is 0. The van der Waals surface area contributed by atoms with Crippen LogP contribution in [-0.4, -0.2) is 40.3 Å². The van der Waals surface area contributed by atoms with Gasteiger partial charge in [0, 0.05) is 43.1 Å². The highest BCUT2D eigenvalue weighted by Gasteiger charge is 2.27. The van der Waals surface area contributed by atoms with Crippen LogP contribution in [0, 0.1) is 12.7 Å². The van der Waals surface area contributed by atoms with Gasteiger partial charge >= 0.3 is 0 Å². The zero-order chi connectivity index (χ0) is 17.6. The van der Waals surface area contributed by atoms with Crippen molar-refractivity contribution in [1.29, 1.82) is 0 Å². The lowest BCUT2D eigenvalue weighted by Crippen LogP contribution is -2.50. The molecule has 1 aromatic carbocycles. The summed E-state index contributed by atoms with van der Waals surface area (Å²) in [6.45, 7) is 3.30. The molecule has 0 unspecified atom stereocenters. The molecule has 0 spiro atoms. The summed E-state index contributed by atoms with van der Waals surface area (Å²) < 4.78 is 15.8. The third-order valence-electron chi connectivity index (χ3n) is 4.46. The SMILES string of the molecule is Cc1cc(N2CCN(c3cnn(C)c3)C(=O)C2)c2cccc(F)c2n1. The van der Waals surface area contributed by atoms with Crippen molar-refractivity contribution in [2.24, 2.45) is 7.05 Å². The van der Waals surface area contributed by atoms with E-state index in [9.17, 15) is 9.18 Å². The fourth-order valence-corrected chi connectivity index (χ4v) is 3.28. The second-order valence-electron chi connectivity index (χ2n) is 6.26. The quantitative estimate of drug-likeness (QED) is 0.719. The Kier molecular flexibility index (Phi) is 3.63. The Labute approximate surface area is 144 Å². The van der Waals surface area contributed by atoms with Gasteiger partial charge in [0.15, 0.2) is 0 Å². The van der Waals surface area contributed by atoms with Crippen molar-refractivity contribution in [3.8, 4) is 0 Å². The number of halogens is 1. The summed E-state index contributed by atoms with van der Waals surface area (Å²) in [5.74, 6) is -0.346. The lowest BCUT2D eigenvalue weighted by atomic mass is 10.1. The molecule has 0 bridgehead atoms. The molecule has 2 aromatic heterocycles. The van der Waals surface area contributed by atoms with Gasteiger partial charge < -0.3 is 9.80 Å². The minimum Gasteiger partial charge on any atom is -0.360 e. The lowest BCUT2D eigenvalue weighted by Gasteiger charge is -2.35. The number of aromatic nitrogens is 3. The fraction of sp³-hybridized carbons (Fsp3) is 0.278. The van der Waals surface area contributed by atoms with Gasteiger partial charge in [-0.25, -0.2) is 9.37 Å². The Bertz CT molecular complexity index is 967. The standard InChI is InChI=1S/C18H18FN5O/c1-12-8-16(14-4-3-5-15(19)18(14)21-12)23-6-7-24(17(25)11-23)13-9-20-22(2)10-13/h3-5,8-10H,6-7,11H2,1-2H3. The topological polar surface area (TPSA) is 54.3 Å². The molecular formula is C18H18FN5O. The van der Waals surface area contributed by atoms with Gasteiger partial charge in [-0.3, -0.25) is 9.48 Å². The zero-order valence-electron chi connectivity index (χ0n) is 14.1. The minimum atomic E-state index is -0.345. The maximum Gasteiger partial charge on any atom is 0.246 e. The molecule has 0 N–H and O–H groups in total. The summed E-state index contributed by atoms with van der Waals surface area (Å²) in [6, 6.07) is 6.84. The van der Waals surface area contributed by atoms with Gasteiger partial charge in [-0.15, -0.1) is 0 Å². The van der Waals surface area contributed by atoms with Crippen molar-refractivity contribution in [2.45, 2.75) is 6.92 Å². The van der Waals surface area contributed by atoms with Gasteiger partial charge in [-0.05, 0) is 19.1 Å². The van der Waals surface area contributed by atoms with Gasteiger partial charge in [0.1, 0.15) is 11.3 Å². The van der Waals surface area contributed by atoms with E-state index in [4.69, 9.17) is 0 Å². The molecule has 7 heteroatoms. The molecule has 0 aliphatic carbocycles. The van der Waals surface area contributed by atoms with E-state index in [-0.39, 0.29) is 18.3 Å². The molecule has 0 saturated carbocycles. The number of carbonyl (C=O) groups is 1. The Hall–Kier alpha value is -2.96. The van der Waals surface area contributed by atoms with Gasteiger partial charge in [-0.2, -0.15) is 5.10 Å². The number of nitrogens with zero attached hydrogens (tertiary/aromatic N) is 5. The van der Waals surface area contributed by atoms with Crippen molar-refractivity contribution in [2.75, 3.05) is 29.4 Å². The van der Waals surface area contributed by atoms with Crippen LogP contribution >= 0.6 is 0 Å². The summed E-state index contributed by atoms with van der Waals surface area (Å²) in [5.41, 5.74) is 2.73. The van der Waals surface area contributed by atoms with E-state index < -0.39 is 0 Å². The third kappa shape index (κ3) is 2.71. The first-order valence-electron chi connectivity index (χ1n) is 8.13. The molecule has 1 aliphatic heterocycles. The van der Waals surface area contributed by atoms with Crippen molar-refractivity contribution >= 4 is 28.2 Å².